The van der Waals surface area contributed by atoms with Crippen LogP contribution in [0.1, 0.15) is 43.0 Å². The third kappa shape index (κ3) is 2.52. The van der Waals surface area contributed by atoms with Crippen molar-refractivity contribution in [2.75, 3.05) is 0 Å². The predicted octanol–water partition coefficient (Wildman–Crippen LogP) is 4.58. The molecule has 1 aromatic heterocycles. The summed E-state index contributed by atoms with van der Waals surface area (Å²) in [6.07, 6.45) is 5.55. The van der Waals surface area contributed by atoms with Gasteiger partial charge in [0, 0.05) is 29.1 Å². The number of unbranched alkanes of at least 4 members (excludes halogenated alkanes) is 2. The van der Waals surface area contributed by atoms with E-state index in [2.05, 4.69) is 11.9 Å². The minimum atomic E-state index is 0.179. The van der Waals surface area contributed by atoms with E-state index in [4.69, 9.17) is 11.6 Å². The number of carbonyl (C=O) groups excluding carboxylic acids is 1. The molecule has 0 aliphatic carbocycles. The SMILES string of the molecule is CCCCCC(=O)c1c[nH]c2cccc(Cl)c12. The molecule has 0 unspecified atom stereocenters. The molecule has 0 aliphatic rings. The summed E-state index contributed by atoms with van der Waals surface area (Å²) in [4.78, 5) is 15.2. The van der Waals surface area contributed by atoms with Crippen LogP contribution in [0, 0.1) is 0 Å². The molecule has 0 spiro atoms. The summed E-state index contributed by atoms with van der Waals surface area (Å²) in [6, 6.07) is 5.64. The molecular formula is C14H16ClNO. The highest BCUT2D eigenvalue weighted by Gasteiger charge is 2.13. The van der Waals surface area contributed by atoms with Crippen molar-refractivity contribution in [3.63, 3.8) is 0 Å². The highest BCUT2D eigenvalue weighted by Crippen LogP contribution is 2.27. The minimum absolute atomic E-state index is 0.179. The molecule has 2 nitrogen and oxygen atoms in total. The lowest BCUT2D eigenvalue weighted by Crippen LogP contribution is -1.97. The smallest absolute Gasteiger partial charge is 0.165 e. The number of nitrogens with one attached hydrogen (secondary N) is 1. The number of rotatable bonds is 5. The molecule has 0 amide bonds. The second-order valence-electron chi connectivity index (χ2n) is 4.25. The van der Waals surface area contributed by atoms with Crippen LogP contribution in [-0.4, -0.2) is 10.8 Å². The second-order valence-corrected chi connectivity index (χ2v) is 4.65. The van der Waals surface area contributed by atoms with Crippen molar-refractivity contribution in [2.24, 2.45) is 0 Å². The summed E-state index contributed by atoms with van der Waals surface area (Å²) in [5, 5.41) is 1.50. The summed E-state index contributed by atoms with van der Waals surface area (Å²) in [5.74, 6) is 0.179. The number of hydrogen-bond acceptors (Lipinski definition) is 1. The fraction of sp³-hybridized carbons (Fsp3) is 0.357. The van der Waals surface area contributed by atoms with Gasteiger partial charge in [-0.1, -0.05) is 37.4 Å². The van der Waals surface area contributed by atoms with E-state index < -0.39 is 0 Å². The summed E-state index contributed by atoms with van der Waals surface area (Å²) in [6.45, 7) is 2.13. The molecule has 1 N–H and O–H groups in total. The van der Waals surface area contributed by atoms with Crippen molar-refractivity contribution >= 4 is 28.3 Å². The Morgan fingerprint density at radius 2 is 2.18 bits per heavy atom. The van der Waals surface area contributed by atoms with Gasteiger partial charge in [0.2, 0.25) is 0 Å². The number of benzene rings is 1. The topological polar surface area (TPSA) is 32.9 Å². The number of hydrogen-bond donors (Lipinski definition) is 1. The molecule has 0 radical (unpaired) electrons. The summed E-state index contributed by atoms with van der Waals surface area (Å²) < 4.78 is 0. The molecular weight excluding hydrogens is 234 g/mol. The second kappa shape index (κ2) is 5.37. The number of carbonyl (C=O) groups is 1. The van der Waals surface area contributed by atoms with Crippen LogP contribution in [0.4, 0.5) is 0 Å². The van der Waals surface area contributed by atoms with Gasteiger partial charge in [0.15, 0.2) is 5.78 Å². The summed E-state index contributed by atoms with van der Waals surface area (Å²) >= 11 is 6.14. The molecule has 0 saturated carbocycles. The van der Waals surface area contributed by atoms with E-state index in [9.17, 15) is 4.79 Å². The van der Waals surface area contributed by atoms with Crippen molar-refractivity contribution in [3.05, 3.63) is 35.0 Å². The Labute approximate surface area is 106 Å². The van der Waals surface area contributed by atoms with E-state index >= 15 is 0 Å². The number of halogens is 1. The molecule has 0 saturated heterocycles. The van der Waals surface area contributed by atoms with Gasteiger partial charge in [-0.25, -0.2) is 0 Å². The third-order valence-electron chi connectivity index (χ3n) is 2.96. The van der Waals surface area contributed by atoms with E-state index in [1.807, 2.05) is 18.2 Å². The molecule has 0 fully saturated rings. The lowest BCUT2D eigenvalue weighted by Gasteiger charge is -2.00. The quantitative estimate of drug-likeness (QED) is 0.610. The normalized spacial score (nSPS) is 10.9. The van der Waals surface area contributed by atoms with Crippen molar-refractivity contribution < 1.29 is 4.79 Å². The van der Waals surface area contributed by atoms with Gasteiger partial charge in [0.1, 0.15) is 0 Å². The van der Waals surface area contributed by atoms with Gasteiger partial charge in [-0.05, 0) is 18.6 Å². The molecule has 2 rings (SSSR count). The first-order valence-corrected chi connectivity index (χ1v) is 6.40. The molecule has 17 heavy (non-hydrogen) atoms. The fourth-order valence-electron chi connectivity index (χ4n) is 2.03. The molecule has 90 valence electrons. The lowest BCUT2D eigenvalue weighted by atomic mass is 10.0. The Kier molecular flexibility index (Phi) is 3.85. The zero-order valence-electron chi connectivity index (χ0n) is 9.92. The first-order valence-electron chi connectivity index (χ1n) is 6.03. The van der Waals surface area contributed by atoms with Gasteiger partial charge in [-0.3, -0.25) is 4.79 Å². The Bertz CT molecular complexity index is 530. The Hall–Kier alpha value is -1.28. The van der Waals surface area contributed by atoms with Crippen LogP contribution in [0.25, 0.3) is 10.9 Å². The van der Waals surface area contributed by atoms with Crippen molar-refractivity contribution in [2.45, 2.75) is 32.6 Å². The summed E-state index contributed by atoms with van der Waals surface area (Å²) in [7, 11) is 0. The zero-order chi connectivity index (χ0) is 12.3. The highest BCUT2D eigenvalue weighted by atomic mass is 35.5. The van der Waals surface area contributed by atoms with Crippen molar-refractivity contribution in [1.29, 1.82) is 0 Å². The van der Waals surface area contributed by atoms with E-state index in [1.54, 1.807) is 6.20 Å². The van der Waals surface area contributed by atoms with Crippen LogP contribution in [0.5, 0.6) is 0 Å². The number of H-pyrrole nitrogens is 1. The average Bonchev–Trinajstić information content (AvgIpc) is 2.74. The van der Waals surface area contributed by atoms with Gasteiger partial charge in [-0.15, -0.1) is 0 Å². The van der Waals surface area contributed by atoms with E-state index in [1.165, 1.54) is 0 Å². The van der Waals surface area contributed by atoms with Crippen LogP contribution in [-0.2, 0) is 0 Å². The average molecular weight is 250 g/mol. The van der Waals surface area contributed by atoms with Crippen LogP contribution in [0.2, 0.25) is 5.02 Å². The maximum absolute atomic E-state index is 12.1. The Morgan fingerprint density at radius 3 is 2.94 bits per heavy atom. The predicted molar refractivity (Wildman–Crippen MR) is 71.8 cm³/mol. The minimum Gasteiger partial charge on any atom is -0.360 e. The van der Waals surface area contributed by atoms with E-state index in [-0.39, 0.29) is 5.78 Å². The Balaban J connectivity index is 2.26. The number of fused-ring (bicyclic) bond motifs is 1. The molecule has 1 aromatic carbocycles. The molecule has 0 atom stereocenters. The van der Waals surface area contributed by atoms with Gasteiger partial charge >= 0.3 is 0 Å². The number of Topliss-reactive ketones (excluding diaryl/α,β-unsaturated/α-hetero) is 1. The maximum Gasteiger partial charge on any atom is 0.165 e. The number of aromatic amines is 1. The van der Waals surface area contributed by atoms with E-state index in [0.29, 0.717) is 11.4 Å². The third-order valence-corrected chi connectivity index (χ3v) is 3.28. The van der Waals surface area contributed by atoms with Gasteiger partial charge in [-0.2, -0.15) is 0 Å². The van der Waals surface area contributed by atoms with Gasteiger partial charge in [0.25, 0.3) is 0 Å². The van der Waals surface area contributed by atoms with Gasteiger partial charge < -0.3 is 4.98 Å². The van der Waals surface area contributed by atoms with Crippen LogP contribution < -0.4 is 0 Å². The maximum atomic E-state index is 12.1. The standard InChI is InChI=1S/C14H16ClNO/c1-2-3-4-8-13(17)10-9-16-12-7-5-6-11(15)14(10)12/h5-7,9,16H,2-4,8H2,1H3. The molecule has 1 heterocycles. The van der Waals surface area contributed by atoms with Crippen LogP contribution in [0.15, 0.2) is 24.4 Å². The van der Waals surface area contributed by atoms with E-state index in [0.717, 1.165) is 35.7 Å². The van der Waals surface area contributed by atoms with Crippen molar-refractivity contribution in [3.8, 4) is 0 Å². The largest absolute Gasteiger partial charge is 0.360 e. The number of ketones is 1. The van der Waals surface area contributed by atoms with Gasteiger partial charge in [0.05, 0.1) is 5.02 Å². The van der Waals surface area contributed by atoms with Crippen LogP contribution >= 0.6 is 11.6 Å². The zero-order valence-corrected chi connectivity index (χ0v) is 10.7. The fourth-order valence-corrected chi connectivity index (χ4v) is 2.31. The monoisotopic (exact) mass is 249 g/mol. The molecule has 2 aromatic rings. The summed E-state index contributed by atoms with van der Waals surface area (Å²) in [5.41, 5.74) is 1.65. The molecule has 0 bridgehead atoms. The first kappa shape index (κ1) is 12.2. The molecule has 3 heteroatoms. The highest BCUT2D eigenvalue weighted by molar-refractivity contribution is 6.36. The molecule has 0 aliphatic heterocycles. The lowest BCUT2D eigenvalue weighted by molar-refractivity contribution is 0.0981. The Morgan fingerprint density at radius 1 is 1.35 bits per heavy atom. The number of aromatic nitrogens is 1. The van der Waals surface area contributed by atoms with Crippen LogP contribution in [0.3, 0.4) is 0 Å². The van der Waals surface area contributed by atoms with Crippen molar-refractivity contribution in [1.82, 2.24) is 4.98 Å². The first-order chi connectivity index (χ1) is 8.24.